The number of benzene rings is 3. The Bertz CT molecular complexity index is 1130. The average Bonchev–Trinajstić information content (AvgIpc) is 2.79. The van der Waals surface area contributed by atoms with E-state index >= 15 is 0 Å². The molecule has 0 saturated heterocycles. The van der Waals surface area contributed by atoms with Crippen LogP contribution in [0.1, 0.15) is 26.3 Å². The third-order valence-electron chi connectivity index (χ3n) is 4.18. The fourth-order valence-electron chi connectivity index (χ4n) is 2.68. The molecule has 8 heteroatoms. The van der Waals surface area contributed by atoms with Crippen molar-refractivity contribution in [1.82, 2.24) is 5.43 Å². The number of hydrazone groups is 1. The maximum atomic E-state index is 12.4. The summed E-state index contributed by atoms with van der Waals surface area (Å²) in [4.78, 5) is 24.7. The first-order chi connectivity index (χ1) is 15.0. The van der Waals surface area contributed by atoms with Gasteiger partial charge in [-0.1, -0.05) is 34.1 Å². The van der Waals surface area contributed by atoms with Crippen LogP contribution in [0.5, 0.6) is 17.2 Å². The van der Waals surface area contributed by atoms with E-state index in [1.165, 1.54) is 20.4 Å². The van der Waals surface area contributed by atoms with E-state index in [0.717, 1.165) is 4.47 Å². The van der Waals surface area contributed by atoms with Crippen LogP contribution in [0.4, 0.5) is 0 Å². The van der Waals surface area contributed by atoms with Gasteiger partial charge in [0.15, 0.2) is 11.5 Å². The summed E-state index contributed by atoms with van der Waals surface area (Å²) in [7, 11) is 2.96. The lowest BCUT2D eigenvalue weighted by Crippen LogP contribution is -2.18. The van der Waals surface area contributed by atoms with E-state index in [2.05, 4.69) is 26.5 Å². The van der Waals surface area contributed by atoms with Gasteiger partial charge in [-0.15, -0.1) is 0 Å². The predicted octanol–water partition coefficient (Wildman–Crippen LogP) is 4.45. The van der Waals surface area contributed by atoms with E-state index < -0.39 is 11.9 Å². The van der Waals surface area contributed by atoms with Crippen molar-refractivity contribution in [3.63, 3.8) is 0 Å². The molecule has 0 aliphatic heterocycles. The van der Waals surface area contributed by atoms with Gasteiger partial charge < -0.3 is 14.2 Å². The minimum atomic E-state index is -0.509. The van der Waals surface area contributed by atoms with Crippen LogP contribution in [0.25, 0.3) is 0 Å². The highest BCUT2D eigenvalue weighted by Gasteiger charge is 2.13. The number of methoxy groups -OCH3 is 2. The number of halogens is 1. The smallest absolute Gasteiger partial charge is 0.343 e. The minimum absolute atomic E-state index is 0.266. The molecule has 0 radical (unpaired) electrons. The van der Waals surface area contributed by atoms with Crippen LogP contribution >= 0.6 is 15.9 Å². The Balaban J connectivity index is 1.69. The quantitative estimate of drug-likeness (QED) is 0.232. The average molecular weight is 483 g/mol. The summed E-state index contributed by atoms with van der Waals surface area (Å²) in [5.74, 6) is 0.157. The van der Waals surface area contributed by atoms with Gasteiger partial charge in [0.05, 0.1) is 31.6 Å². The molecule has 0 aliphatic rings. The Morgan fingerprint density at radius 1 is 0.903 bits per heavy atom. The number of hydrogen-bond donors (Lipinski definition) is 1. The molecule has 1 amide bonds. The van der Waals surface area contributed by atoms with E-state index in [9.17, 15) is 9.59 Å². The largest absolute Gasteiger partial charge is 0.496 e. The van der Waals surface area contributed by atoms with Gasteiger partial charge in [-0.2, -0.15) is 5.10 Å². The number of para-hydroxylation sites is 1. The highest BCUT2D eigenvalue weighted by atomic mass is 79.9. The number of rotatable bonds is 7. The van der Waals surface area contributed by atoms with Crippen molar-refractivity contribution in [3.05, 3.63) is 87.9 Å². The molecule has 0 bridgehead atoms. The van der Waals surface area contributed by atoms with Gasteiger partial charge in [-0.05, 0) is 54.1 Å². The van der Waals surface area contributed by atoms with E-state index in [4.69, 9.17) is 14.2 Å². The fourth-order valence-corrected chi connectivity index (χ4v) is 3.08. The summed E-state index contributed by atoms with van der Waals surface area (Å²) in [6.07, 6.45) is 1.45. The van der Waals surface area contributed by atoms with Crippen molar-refractivity contribution in [3.8, 4) is 17.2 Å². The first kappa shape index (κ1) is 22.0. The Kier molecular flexibility index (Phi) is 7.40. The molecule has 0 unspecified atom stereocenters. The summed E-state index contributed by atoms with van der Waals surface area (Å²) < 4.78 is 16.7. The van der Waals surface area contributed by atoms with Gasteiger partial charge in [0.25, 0.3) is 5.91 Å². The van der Waals surface area contributed by atoms with Crippen LogP contribution in [0.3, 0.4) is 0 Å². The lowest BCUT2D eigenvalue weighted by Gasteiger charge is -2.10. The van der Waals surface area contributed by atoms with E-state index in [-0.39, 0.29) is 5.75 Å². The molecule has 0 atom stereocenters. The van der Waals surface area contributed by atoms with E-state index in [1.54, 1.807) is 60.7 Å². The molecular weight excluding hydrogens is 464 g/mol. The van der Waals surface area contributed by atoms with Crippen LogP contribution < -0.4 is 19.6 Å². The number of nitrogens with zero attached hydrogens (tertiary/aromatic N) is 1. The molecule has 3 aromatic carbocycles. The highest BCUT2D eigenvalue weighted by molar-refractivity contribution is 9.10. The molecule has 0 spiro atoms. The third-order valence-corrected chi connectivity index (χ3v) is 4.68. The number of carbonyl (C=O) groups is 2. The lowest BCUT2D eigenvalue weighted by atomic mass is 10.2. The Morgan fingerprint density at radius 2 is 1.68 bits per heavy atom. The normalized spacial score (nSPS) is 10.5. The van der Waals surface area contributed by atoms with E-state index in [0.29, 0.717) is 28.2 Å². The summed E-state index contributed by atoms with van der Waals surface area (Å²) in [5.41, 5.74) is 3.87. The van der Waals surface area contributed by atoms with Crippen LogP contribution in [-0.4, -0.2) is 32.3 Å². The summed E-state index contributed by atoms with van der Waals surface area (Å²) in [6.45, 7) is 0. The van der Waals surface area contributed by atoms with Crippen molar-refractivity contribution < 1.29 is 23.8 Å². The van der Waals surface area contributed by atoms with Crippen molar-refractivity contribution in [2.24, 2.45) is 5.10 Å². The van der Waals surface area contributed by atoms with E-state index in [1.807, 2.05) is 6.07 Å². The highest BCUT2D eigenvalue weighted by Crippen LogP contribution is 2.28. The van der Waals surface area contributed by atoms with Gasteiger partial charge in [-0.3, -0.25) is 4.79 Å². The molecule has 31 heavy (non-hydrogen) atoms. The number of carbonyl (C=O) groups excluding carboxylic acids is 2. The summed E-state index contributed by atoms with van der Waals surface area (Å²) in [5, 5.41) is 3.97. The first-order valence-electron chi connectivity index (χ1n) is 9.14. The van der Waals surface area contributed by atoms with Crippen LogP contribution in [0.2, 0.25) is 0 Å². The number of nitrogens with one attached hydrogen (secondary N) is 1. The monoisotopic (exact) mass is 482 g/mol. The molecule has 0 aromatic heterocycles. The summed E-state index contributed by atoms with van der Waals surface area (Å²) in [6, 6.07) is 18.7. The molecule has 0 aliphatic carbocycles. The number of hydrogen-bond acceptors (Lipinski definition) is 6. The number of esters is 1. The zero-order chi connectivity index (χ0) is 22.2. The van der Waals surface area contributed by atoms with Crippen molar-refractivity contribution in [2.75, 3.05) is 14.2 Å². The van der Waals surface area contributed by atoms with Gasteiger partial charge >= 0.3 is 5.97 Å². The zero-order valence-electron chi connectivity index (χ0n) is 16.8. The van der Waals surface area contributed by atoms with Gasteiger partial charge in [0.1, 0.15) is 5.75 Å². The molecule has 3 aromatic rings. The molecule has 0 fully saturated rings. The molecule has 158 valence electrons. The zero-order valence-corrected chi connectivity index (χ0v) is 18.4. The second kappa shape index (κ2) is 10.4. The van der Waals surface area contributed by atoms with Crippen LogP contribution in [0.15, 0.2) is 76.3 Å². The maximum Gasteiger partial charge on any atom is 0.343 e. The Labute approximate surface area is 187 Å². The molecule has 3 rings (SSSR count). The molecule has 1 N–H and O–H groups in total. The Hall–Kier alpha value is -3.65. The Morgan fingerprint density at radius 3 is 2.42 bits per heavy atom. The second-order valence-corrected chi connectivity index (χ2v) is 7.13. The lowest BCUT2D eigenvalue weighted by molar-refractivity contribution is 0.0729. The first-order valence-corrected chi connectivity index (χ1v) is 9.93. The van der Waals surface area contributed by atoms with Crippen molar-refractivity contribution in [2.45, 2.75) is 0 Å². The second-order valence-electron chi connectivity index (χ2n) is 6.21. The maximum absolute atomic E-state index is 12.4. The van der Waals surface area contributed by atoms with Crippen molar-refractivity contribution >= 4 is 34.0 Å². The molecule has 0 heterocycles. The molecular formula is C23H19BrN2O5. The van der Waals surface area contributed by atoms with Gasteiger partial charge in [-0.25, -0.2) is 10.2 Å². The summed E-state index contributed by atoms with van der Waals surface area (Å²) >= 11 is 3.33. The third kappa shape index (κ3) is 5.70. The minimum Gasteiger partial charge on any atom is -0.496 e. The SMILES string of the molecule is COc1cc(/C=N\NC(=O)c2ccccc2OC)ccc1OC(=O)c1cccc(Br)c1. The molecule has 7 nitrogen and oxygen atoms in total. The van der Waals surface area contributed by atoms with Crippen LogP contribution in [0, 0.1) is 0 Å². The van der Waals surface area contributed by atoms with Gasteiger partial charge in [0, 0.05) is 4.47 Å². The molecule has 0 saturated carbocycles. The predicted molar refractivity (Wildman–Crippen MR) is 120 cm³/mol. The standard InChI is InChI=1S/C23H19BrN2O5/c1-29-19-9-4-3-8-18(19)22(27)26-25-14-15-10-11-20(21(12-15)30-2)31-23(28)16-6-5-7-17(24)13-16/h3-14H,1-2H3,(H,26,27)/b25-14-. The number of ether oxygens (including phenoxy) is 3. The fraction of sp³-hybridized carbons (Fsp3) is 0.0870. The van der Waals surface area contributed by atoms with Gasteiger partial charge in [0.2, 0.25) is 0 Å². The topological polar surface area (TPSA) is 86.2 Å². The number of amides is 1. The van der Waals surface area contributed by atoms with Crippen LogP contribution in [-0.2, 0) is 0 Å². The van der Waals surface area contributed by atoms with Crippen molar-refractivity contribution in [1.29, 1.82) is 0 Å².